The average molecular weight is 342 g/mol. The second-order valence-corrected chi connectivity index (χ2v) is 5.41. The standard InChI is InChI=1S/C18H18N2O5/c1-3-25-18(22)15-8-14(9-16(10-15)20(23)24)17(21)19-11-13-6-4-12(2)5-7-13/h4-10H,3,11H2,1-2H3,(H,19,21). The quantitative estimate of drug-likeness (QED) is 0.494. The molecule has 0 spiro atoms. The van der Waals surface area contributed by atoms with Crippen LogP contribution in [-0.2, 0) is 11.3 Å². The molecule has 7 heteroatoms. The van der Waals surface area contributed by atoms with Crippen molar-refractivity contribution in [3.63, 3.8) is 0 Å². The second-order valence-electron chi connectivity index (χ2n) is 5.41. The molecule has 1 N–H and O–H groups in total. The Balaban J connectivity index is 2.20. The molecular weight excluding hydrogens is 324 g/mol. The Morgan fingerprint density at radius 1 is 1.12 bits per heavy atom. The van der Waals surface area contributed by atoms with Crippen molar-refractivity contribution in [3.8, 4) is 0 Å². The lowest BCUT2D eigenvalue weighted by Gasteiger charge is -2.08. The van der Waals surface area contributed by atoms with Crippen molar-refractivity contribution in [2.75, 3.05) is 6.61 Å². The maximum atomic E-state index is 12.3. The van der Waals surface area contributed by atoms with Crippen molar-refractivity contribution in [1.82, 2.24) is 5.32 Å². The molecule has 130 valence electrons. The number of ether oxygens (including phenoxy) is 1. The summed E-state index contributed by atoms with van der Waals surface area (Å²) in [7, 11) is 0. The summed E-state index contributed by atoms with van der Waals surface area (Å²) < 4.78 is 4.84. The Hall–Kier alpha value is -3.22. The molecule has 0 aliphatic heterocycles. The molecule has 0 saturated carbocycles. The van der Waals surface area contributed by atoms with Gasteiger partial charge in [-0.15, -0.1) is 0 Å². The first kappa shape index (κ1) is 18.1. The van der Waals surface area contributed by atoms with Gasteiger partial charge in [0.25, 0.3) is 11.6 Å². The van der Waals surface area contributed by atoms with E-state index < -0.39 is 16.8 Å². The number of hydrogen-bond acceptors (Lipinski definition) is 5. The Kier molecular flexibility index (Phi) is 5.84. The largest absolute Gasteiger partial charge is 0.462 e. The number of aryl methyl sites for hydroxylation is 1. The molecule has 0 heterocycles. The SMILES string of the molecule is CCOC(=O)c1cc(C(=O)NCc2ccc(C)cc2)cc([N+](=O)[O-])c1. The average Bonchev–Trinajstić information content (AvgIpc) is 2.60. The zero-order valence-electron chi connectivity index (χ0n) is 13.9. The Labute approximate surface area is 144 Å². The van der Waals surface area contributed by atoms with Gasteiger partial charge < -0.3 is 10.1 Å². The number of nitro benzene ring substituents is 1. The molecule has 0 fully saturated rings. The normalized spacial score (nSPS) is 10.2. The number of nitrogens with zero attached hydrogens (tertiary/aromatic N) is 1. The molecule has 2 aromatic carbocycles. The first-order valence-corrected chi connectivity index (χ1v) is 7.71. The van der Waals surface area contributed by atoms with Gasteiger partial charge in [0.05, 0.1) is 17.1 Å². The van der Waals surface area contributed by atoms with Crippen molar-refractivity contribution in [1.29, 1.82) is 0 Å². The highest BCUT2D eigenvalue weighted by Crippen LogP contribution is 2.18. The van der Waals surface area contributed by atoms with E-state index in [1.807, 2.05) is 31.2 Å². The summed E-state index contributed by atoms with van der Waals surface area (Å²) in [6.07, 6.45) is 0. The van der Waals surface area contributed by atoms with Crippen LogP contribution in [0, 0.1) is 17.0 Å². The van der Waals surface area contributed by atoms with Crippen LogP contribution in [-0.4, -0.2) is 23.4 Å². The van der Waals surface area contributed by atoms with Crippen molar-refractivity contribution in [2.45, 2.75) is 20.4 Å². The minimum atomic E-state index is -0.709. The second kappa shape index (κ2) is 8.05. The van der Waals surface area contributed by atoms with Gasteiger partial charge in [-0.3, -0.25) is 14.9 Å². The Morgan fingerprint density at radius 2 is 1.76 bits per heavy atom. The van der Waals surface area contributed by atoms with E-state index in [1.165, 1.54) is 6.07 Å². The minimum Gasteiger partial charge on any atom is -0.462 e. The Bertz CT molecular complexity index is 800. The lowest BCUT2D eigenvalue weighted by molar-refractivity contribution is -0.384. The predicted molar refractivity (Wildman–Crippen MR) is 91.4 cm³/mol. The summed E-state index contributed by atoms with van der Waals surface area (Å²) in [6.45, 7) is 4.00. The number of rotatable bonds is 6. The molecule has 0 aromatic heterocycles. The van der Waals surface area contributed by atoms with Gasteiger partial charge in [0.1, 0.15) is 0 Å². The van der Waals surface area contributed by atoms with Crippen LogP contribution in [0.4, 0.5) is 5.69 Å². The molecule has 7 nitrogen and oxygen atoms in total. The van der Waals surface area contributed by atoms with Crippen LogP contribution >= 0.6 is 0 Å². The van der Waals surface area contributed by atoms with E-state index in [1.54, 1.807) is 6.92 Å². The van der Waals surface area contributed by atoms with Crippen LogP contribution in [0.15, 0.2) is 42.5 Å². The first-order valence-electron chi connectivity index (χ1n) is 7.71. The topological polar surface area (TPSA) is 98.5 Å². The molecule has 0 aliphatic carbocycles. The fourth-order valence-electron chi connectivity index (χ4n) is 2.17. The van der Waals surface area contributed by atoms with Gasteiger partial charge in [-0.05, 0) is 25.5 Å². The zero-order chi connectivity index (χ0) is 18.4. The molecule has 0 saturated heterocycles. The number of non-ortho nitro benzene ring substituents is 1. The molecule has 0 atom stereocenters. The molecular formula is C18H18N2O5. The molecule has 0 bridgehead atoms. The van der Waals surface area contributed by atoms with E-state index in [0.29, 0.717) is 0 Å². The van der Waals surface area contributed by atoms with Crippen LogP contribution in [0.5, 0.6) is 0 Å². The van der Waals surface area contributed by atoms with Crippen molar-refractivity contribution in [3.05, 3.63) is 74.8 Å². The number of carbonyl (C=O) groups is 2. The highest BCUT2D eigenvalue weighted by Gasteiger charge is 2.18. The van der Waals surface area contributed by atoms with Crippen LogP contribution in [0.3, 0.4) is 0 Å². The van der Waals surface area contributed by atoms with Crippen LogP contribution in [0.25, 0.3) is 0 Å². The first-order chi connectivity index (χ1) is 11.9. The number of nitrogens with one attached hydrogen (secondary N) is 1. The number of amides is 1. The highest BCUT2D eigenvalue weighted by molar-refractivity contribution is 5.99. The summed E-state index contributed by atoms with van der Waals surface area (Å²) in [5, 5.41) is 13.7. The maximum absolute atomic E-state index is 12.3. The van der Waals surface area contributed by atoms with Crippen LogP contribution in [0.2, 0.25) is 0 Å². The number of benzene rings is 2. The van der Waals surface area contributed by atoms with Crippen LogP contribution < -0.4 is 5.32 Å². The van der Waals surface area contributed by atoms with Gasteiger partial charge in [0.2, 0.25) is 0 Å². The van der Waals surface area contributed by atoms with Crippen molar-refractivity contribution >= 4 is 17.6 Å². The summed E-state index contributed by atoms with van der Waals surface area (Å²) in [5.74, 6) is -1.21. The molecule has 2 rings (SSSR count). The summed E-state index contributed by atoms with van der Waals surface area (Å²) in [6, 6.07) is 11.1. The van der Waals surface area contributed by atoms with Gasteiger partial charge in [-0.25, -0.2) is 4.79 Å². The smallest absolute Gasteiger partial charge is 0.338 e. The zero-order valence-corrected chi connectivity index (χ0v) is 13.9. The van der Waals surface area contributed by atoms with E-state index in [4.69, 9.17) is 4.74 Å². The molecule has 2 aromatic rings. The van der Waals surface area contributed by atoms with Gasteiger partial charge in [0.15, 0.2) is 0 Å². The van der Waals surface area contributed by atoms with E-state index in [-0.39, 0.29) is 30.0 Å². The van der Waals surface area contributed by atoms with Gasteiger partial charge in [-0.2, -0.15) is 0 Å². The lowest BCUT2D eigenvalue weighted by Crippen LogP contribution is -2.23. The number of carbonyl (C=O) groups excluding carboxylic acids is 2. The number of nitro groups is 1. The van der Waals surface area contributed by atoms with Crippen LogP contribution in [0.1, 0.15) is 38.8 Å². The highest BCUT2D eigenvalue weighted by atomic mass is 16.6. The summed E-state index contributed by atoms with van der Waals surface area (Å²) in [4.78, 5) is 34.5. The fourth-order valence-corrected chi connectivity index (χ4v) is 2.17. The van der Waals surface area contributed by atoms with E-state index >= 15 is 0 Å². The number of esters is 1. The predicted octanol–water partition coefficient (Wildman–Crippen LogP) is 3.01. The number of hydrogen-bond donors (Lipinski definition) is 1. The van der Waals surface area contributed by atoms with Gasteiger partial charge in [-0.1, -0.05) is 29.8 Å². The molecule has 0 aliphatic rings. The third-order valence-corrected chi connectivity index (χ3v) is 3.48. The molecule has 25 heavy (non-hydrogen) atoms. The van der Waals surface area contributed by atoms with Crippen molar-refractivity contribution < 1.29 is 19.2 Å². The Morgan fingerprint density at radius 3 is 2.36 bits per heavy atom. The van der Waals surface area contributed by atoms with E-state index in [0.717, 1.165) is 23.3 Å². The van der Waals surface area contributed by atoms with E-state index in [9.17, 15) is 19.7 Å². The van der Waals surface area contributed by atoms with Crippen molar-refractivity contribution in [2.24, 2.45) is 0 Å². The van der Waals surface area contributed by atoms with Gasteiger partial charge >= 0.3 is 5.97 Å². The maximum Gasteiger partial charge on any atom is 0.338 e. The third kappa shape index (κ3) is 4.87. The third-order valence-electron chi connectivity index (χ3n) is 3.48. The summed E-state index contributed by atoms with van der Waals surface area (Å²) >= 11 is 0. The molecule has 1 amide bonds. The molecule has 0 unspecified atom stereocenters. The summed E-state index contributed by atoms with van der Waals surface area (Å²) in [5.41, 5.74) is 1.66. The minimum absolute atomic E-state index is 0.0310. The fraction of sp³-hybridized carbons (Fsp3) is 0.222. The van der Waals surface area contributed by atoms with E-state index in [2.05, 4.69) is 5.32 Å². The molecule has 0 radical (unpaired) electrons. The lowest BCUT2D eigenvalue weighted by atomic mass is 10.1. The monoisotopic (exact) mass is 342 g/mol. The van der Waals surface area contributed by atoms with Gasteiger partial charge in [0, 0.05) is 24.2 Å².